The molecule has 0 spiro atoms. The zero-order valence-corrected chi connectivity index (χ0v) is 11.5. The van der Waals surface area contributed by atoms with Gasteiger partial charge in [0.15, 0.2) is 0 Å². The molecule has 1 unspecified atom stereocenters. The average molecular weight is 240 g/mol. The lowest BCUT2D eigenvalue weighted by Gasteiger charge is -2.29. The van der Waals surface area contributed by atoms with Gasteiger partial charge in [0, 0.05) is 13.2 Å². The van der Waals surface area contributed by atoms with E-state index in [0.29, 0.717) is 6.04 Å². The molecule has 2 rings (SSSR count). The van der Waals surface area contributed by atoms with Crippen molar-refractivity contribution < 1.29 is 4.74 Å². The molecule has 3 nitrogen and oxygen atoms in total. The van der Waals surface area contributed by atoms with E-state index in [0.717, 1.165) is 18.4 Å². The van der Waals surface area contributed by atoms with Crippen LogP contribution in [-0.2, 0) is 4.74 Å². The maximum absolute atomic E-state index is 5.29. The average Bonchev–Trinajstić information content (AvgIpc) is 3.15. The molecule has 0 radical (unpaired) electrons. The Morgan fingerprint density at radius 2 is 1.94 bits per heavy atom. The molecule has 1 aliphatic heterocycles. The van der Waals surface area contributed by atoms with Gasteiger partial charge in [0.25, 0.3) is 0 Å². The summed E-state index contributed by atoms with van der Waals surface area (Å²) in [5.74, 6) is 1.84. The molecule has 1 saturated heterocycles. The molecule has 100 valence electrons. The second-order valence-electron chi connectivity index (χ2n) is 5.89. The normalized spacial score (nSPS) is 25.1. The number of hydrogen-bond acceptors (Lipinski definition) is 3. The first kappa shape index (κ1) is 13.3. The van der Waals surface area contributed by atoms with Gasteiger partial charge < -0.3 is 15.0 Å². The molecule has 1 aliphatic carbocycles. The number of hydrogen-bond donors (Lipinski definition) is 1. The van der Waals surface area contributed by atoms with Gasteiger partial charge in [0.1, 0.15) is 0 Å². The van der Waals surface area contributed by atoms with Crippen molar-refractivity contribution in [3.63, 3.8) is 0 Å². The zero-order chi connectivity index (χ0) is 12.1. The van der Waals surface area contributed by atoms with Crippen LogP contribution in [0.2, 0.25) is 0 Å². The van der Waals surface area contributed by atoms with Crippen LogP contribution in [0.15, 0.2) is 0 Å². The van der Waals surface area contributed by atoms with Crippen molar-refractivity contribution in [3.05, 3.63) is 0 Å². The quantitative estimate of drug-likeness (QED) is 0.733. The Bertz CT molecular complexity index is 210. The third kappa shape index (κ3) is 4.57. The summed E-state index contributed by atoms with van der Waals surface area (Å²) in [5.41, 5.74) is 0. The molecular weight excluding hydrogens is 212 g/mol. The standard InChI is InChI=1S/C14H28N2O/c1-16-9-6-12(7-10-16)5-8-15-14(11-17-2)13-3-4-13/h12-15H,3-11H2,1-2H3. The van der Waals surface area contributed by atoms with E-state index in [1.165, 1.54) is 51.7 Å². The summed E-state index contributed by atoms with van der Waals surface area (Å²) in [4.78, 5) is 2.45. The van der Waals surface area contributed by atoms with Gasteiger partial charge in [-0.1, -0.05) is 0 Å². The minimum absolute atomic E-state index is 0.617. The highest BCUT2D eigenvalue weighted by molar-refractivity contribution is 4.86. The highest BCUT2D eigenvalue weighted by Crippen LogP contribution is 2.32. The van der Waals surface area contributed by atoms with Crippen LogP contribution in [0.5, 0.6) is 0 Å². The van der Waals surface area contributed by atoms with Crippen LogP contribution in [0, 0.1) is 11.8 Å². The first-order chi connectivity index (χ1) is 8.29. The maximum atomic E-state index is 5.29. The first-order valence-electron chi connectivity index (χ1n) is 7.20. The molecule has 0 amide bonds. The van der Waals surface area contributed by atoms with Crippen molar-refractivity contribution in [2.45, 2.75) is 38.1 Å². The molecule has 1 heterocycles. The molecule has 0 aromatic rings. The monoisotopic (exact) mass is 240 g/mol. The van der Waals surface area contributed by atoms with Crippen molar-refractivity contribution in [3.8, 4) is 0 Å². The Balaban J connectivity index is 1.58. The summed E-state index contributed by atoms with van der Waals surface area (Å²) < 4.78 is 5.29. The van der Waals surface area contributed by atoms with Crippen LogP contribution in [-0.4, -0.2) is 51.3 Å². The van der Waals surface area contributed by atoms with E-state index in [1.807, 2.05) is 7.11 Å². The highest BCUT2D eigenvalue weighted by Gasteiger charge is 2.30. The van der Waals surface area contributed by atoms with Gasteiger partial charge in [-0.25, -0.2) is 0 Å². The molecule has 1 saturated carbocycles. The number of rotatable bonds is 7. The van der Waals surface area contributed by atoms with E-state index in [2.05, 4.69) is 17.3 Å². The molecule has 1 N–H and O–H groups in total. The van der Waals surface area contributed by atoms with E-state index >= 15 is 0 Å². The van der Waals surface area contributed by atoms with E-state index < -0.39 is 0 Å². The van der Waals surface area contributed by atoms with Crippen LogP contribution in [0.1, 0.15) is 32.1 Å². The molecule has 17 heavy (non-hydrogen) atoms. The summed E-state index contributed by atoms with van der Waals surface area (Å²) in [6.07, 6.45) is 6.92. The highest BCUT2D eigenvalue weighted by atomic mass is 16.5. The molecule has 1 atom stereocenters. The van der Waals surface area contributed by atoms with Crippen LogP contribution >= 0.6 is 0 Å². The summed E-state index contributed by atoms with van der Waals surface area (Å²) in [6, 6.07) is 0.617. The minimum Gasteiger partial charge on any atom is -0.383 e. The molecule has 3 heteroatoms. The SMILES string of the molecule is COCC(NCCC1CCN(C)CC1)C1CC1. The van der Waals surface area contributed by atoms with Crippen molar-refractivity contribution in [1.82, 2.24) is 10.2 Å². The van der Waals surface area contributed by atoms with Gasteiger partial charge >= 0.3 is 0 Å². The lowest BCUT2D eigenvalue weighted by Crippen LogP contribution is -2.37. The smallest absolute Gasteiger partial charge is 0.0618 e. The van der Waals surface area contributed by atoms with Gasteiger partial charge in [-0.2, -0.15) is 0 Å². The largest absolute Gasteiger partial charge is 0.383 e. The third-order valence-electron chi connectivity index (χ3n) is 4.33. The number of nitrogens with one attached hydrogen (secondary N) is 1. The molecular formula is C14H28N2O. The Hall–Kier alpha value is -0.120. The van der Waals surface area contributed by atoms with Gasteiger partial charge in [0.2, 0.25) is 0 Å². The van der Waals surface area contributed by atoms with E-state index in [1.54, 1.807) is 0 Å². The zero-order valence-electron chi connectivity index (χ0n) is 11.5. The first-order valence-corrected chi connectivity index (χ1v) is 7.20. The van der Waals surface area contributed by atoms with Gasteiger partial charge in [-0.05, 0) is 70.6 Å². The Labute approximate surface area is 106 Å². The van der Waals surface area contributed by atoms with Gasteiger partial charge in [-0.3, -0.25) is 0 Å². The summed E-state index contributed by atoms with van der Waals surface area (Å²) in [6.45, 7) is 4.64. The fourth-order valence-electron chi connectivity index (χ4n) is 2.86. The Morgan fingerprint density at radius 1 is 1.24 bits per heavy atom. The topological polar surface area (TPSA) is 24.5 Å². The van der Waals surface area contributed by atoms with E-state index in [4.69, 9.17) is 4.74 Å². The number of piperidine rings is 1. The maximum Gasteiger partial charge on any atom is 0.0618 e. The molecule has 2 aliphatic rings. The van der Waals surface area contributed by atoms with Crippen molar-refractivity contribution in [1.29, 1.82) is 0 Å². The van der Waals surface area contributed by atoms with Crippen molar-refractivity contribution in [2.75, 3.05) is 40.4 Å². The fourth-order valence-corrected chi connectivity index (χ4v) is 2.86. The summed E-state index contributed by atoms with van der Waals surface area (Å²) in [7, 11) is 4.05. The number of likely N-dealkylation sites (tertiary alicyclic amines) is 1. The minimum atomic E-state index is 0.617. The number of nitrogens with zero attached hydrogens (tertiary/aromatic N) is 1. The lowest BCUT2D eigenvalue weighted by atomic mass is 9.94. The van der Waals surface area contributed by atoms with Crippen LogP contribution < -0.4 is 5.32 Å². The van der Waals surface area contributed by atoms with E-state index in [-0.39, 0.29) is 0 Å². The molecule has 0 aromatic heterocycles. The van der Waals surface area contributed by atoms with Crippen molar-refractivity contribution in [2.24, 2.45) is 11.8 Å². The van der Waals surface area contributed by atoms with Crippen molar-refractivity contribution >= 4 is 0 Å². The summed E-state index contributed by atoms with van der Waals surface area (Å²) >= 11 is 0. The van der Waals surface area contributed by atoms with Crippen LogP contribution in [0.3, 0.4) is 0 Å². The fraction of sp³-hybridized carbons (Fsp3) is 1.00. The number of methoxy groups -OCH3 is 1. The number of ether oxygens (including phenoxy) is 1. The molecule has 0 aromatic carbocycles. The van der Waals surface area contributed by atoms with E-state index in [9.17, 15) is 0 Å². The third-order valence-corrected chi connectivity index (χ3v) is 4.33. The molecule has 2 fully saturated rings. The second-order valence-corrected chi connectivity index (χ2v) is 5.89. The lowest BCUT2D eigenvalue weighted by molar-refractivity contribution is 0.154. The Kier molecular flexibility index (Phi) is 5.26. The predicted octanol–water partition coefficient (Wildman–Crippen LogP) is 1.73. The van der Waals surface area contributed by atoms with Gasteiger partial charge in [0.05, 0.1) is 6.61 Å². The summed E-state index contributed by atoms with van der Waals surface area (Å²) in [5, 5.41) is 3.70. The van der Waals surface area contributed by atoms with Crippen LogP contribution in [0.25, 0.3) is 0 Å². The second kappa shape index (κ2) is 6.72. The van der Waals surface area contributed by atoms with Gasteiger partial charge in [-0.15, -0.1) is 0 Å². The van der Waals surface area contributed by atoms with Crippen LogP contribution in [0.4, 0.5) is 0 Å². The Morgan fingerprint density at radius 3 is 2.53 bits per heavy atom. The predicted molar refractivity (Wildman–Crippen MR) is 71.2 cm³/mol. The molecule has 0 bridgehead atoms.